The van der Waals surface area contributed by atoms with Gasteiger partial charge in [0, 0.05) is 29.1 Å². The van der Waals surface area contributed by atoms with Crippen LogP contribution in [0.15, 0.2) is 36.0 Å². The molecule has 1 N–H and O–H groups in total. The average Bonchev–Trinajstić information content (AvgIpc) is 2.93. The van der Waals surface area contributed by atoms with Gasteiger partial charge in [-0.2, -0.15) is 0 Å². The van der Waals surface area contributed by atoms with Crippen molar-refractivity contribution in [3.8, 4) is 11.1 Å². The highest BCUT2D eigenvalue weighted by molar-refractivity contribution is 7.17. The number of benzene rings is 1. The second-order valence-corrected chi connectivity index (χ2v) is 6.58. The van der Waals surface area contributed by atoms with Gasteiger partial charge in [-0.1, -0.05) is 23.7 Å². The van der Waals surface area contributed by atoms with E-state index in [9.17, 15) is 0 Å². The lowest BCUT2D eigenvalue weighted by Gasteiger charge is -2.12. The Labute approximate surface area is 138 Å². The second-order valence-electron chi connectivity index (χ2n) is 5.29. The van der Waals surface area contributed by atoms with Crippen LogP contribution in [-0.2, 0) is 0 Å². The van der Waals surface area contributed by atoms with Crippen molar-refractivity contribution in [3.05, 3.63) is 41.0 Å². The summed E-state index contributed by atoms with van der Waals surface area (Å²) in [7, 11) is 4.11. The van der Waals surface area contributed by atoms with Crippen LogP contribution in [0.1, 0.15) is 0 Å². The molecule has 0 aliphatic rings. The minimum Gasteiger partial charge on any atom is -0.368 e. The molecule has 0 aliphatic heterocycles. The zero-order valence-electron chi connectivity index (χ0n) is 12.5. The van der Waals surface area contributed by atoms with Crippen LogP contribution in [0.5, 0.6) is 0 Å². The van der Waals surface area contributed by atoms with Gasteiger partial charge in [0.05, 0.1) is 5.39 Å². The largest absolute Gasteiger partial charge is 0.368 e. The Kier molecular flexibility index (Phi) is 4.57. The molecule has 0 saturated carbocycles. The lowest BCUT2D eigenvalue weighted by Crippen LogP contribution is -2.21. The molecule has 2 heterocycles. The first-order chi connectivity index (χ1) is 10.6. The zero-order valence-corrected chi connectivity index (χ0v) is 14.1. The van der Waals surface area contributed by atoms with E-state index in [-0.39, 0.29) is 0 Å². The fraction of sp³-hybridized carbons (Fsp3) is 0.250. The Hall–Kier alpha value is -1.69. The van der Waals surface area contributed by atoms with Gasteiger partial charge in [-0.25, -0.2) is 9.97 Å². The lowest BCUT2D eigenvalue weighted by atomic mass is 10.1. The summed E-state index contributed by atoms with van der Waals surface area (Å²) in [6.07, 6.45) is 1.61. The number of aromatic nitrogens is 2. The van der Waals surface area contributed by atoms with Crippen LogP contribution < -0.4 is 5.32 Å². The minimum atomic E-state index is 0.740. The summed E-state index contributed by atoms with van der Waals surface area (Å²) in [5, 5.41) is 7.36. The number of halogens is 1. The number of rotatable bonds is 5. The Bertz CT molecular complexity index is 767. The summed E-state index contributed by atoms with van der Waals surface area (Å²) in [5.74, 6) is 0.887. The molecule has 0 unspecified atom stereocenters. The van der Waals surface area contributed by atoms with E-state index in [4.69, 9.17) is 11.6 Å². The van der Waals surface area contributed by atoms with E-state index in [1.54, 1.807) is 17.7 Å². The predicted molar refractivity (Wildman–Crippen MR) is 94.9 cm³/mol. The van der Waals surface area contributed by atoms with E-state index in [0.29, 0.717) is 0 Å². The number of likely N-dealkylation sites (N-methyl/N-ethyl adjacent to an activating group) is 1. The van der Waals surface area contributed by atoms with Crippen molar-refractivity contribution < 1.29 is 0 Å². The SMILES string of the molecule is CN(C)CCNc1ncnc2scc(-c3ccc(Cl)cc3)c12. The topological polar surface area (TPSA) is 41.0 Å². The molecule has 2 aromatic heterocycles. The maximum absolute atomic E-state index is 5.98. The van der Waals surface area contributed by atoms with E-state index in [2.05, 4.69) is 39.7 Å². The Morgan fingerprint density at radius 1 is 1.18 bits per heavy atom. The maximum atomic E-state index is 5.98. The predicted octanol–water partition coefficient (Wildman–Crippen LogP) is 3.99. The first kappa shape index (κ1) is 15.2. The molecule has 0 saturated heterocycles. The van der Waals surface area contributed by atoms with Crippen LogP contribution in [0.3, 0.4) is 0 Å². The zero-order chi connectivity index (χ0) is 15.5. The normalized spacial score (nSPS) is 11.3. The molecular formula is C16H17ClN4S. The monoisotopic (exact) mass is 332 g/mol. The van der Waals surface area contributed by atoms with E-state index < -0.39 is 0 Å². The Balaban J connectivity index is 1.99. The quantitative estimate of drug-likeness (QED) is 0.767. The Morgan fingerprint density at radius 3 is 2.68 bits per heavy atom. The number of hydrogen-bond acceptors (Lipinski definition) is 5. The van der Waals surface area contributed by atoms with Gasteiger partial charge in [-0.05, 0) is 31.8 Å². The molecule has 0 spiro atoms. The van der Waals surface area contributed by atoms with Crippen LogP contribution in [0.4, 0.5) is 5.82 Å². The van der Waals surface area contributed by atoms with Crippen molar-refractivity contribution in [2.24, 2.45) is 0 Å². The highest BCUT2D eigenvalue weighted by atomic mass is 35.5. The number of thiophene rings is 1. The van der Waals surface area contributed by atoms with E-state index in [1.807, 2.05) is 24.3 Å². The number of nitrogens with zero attached hydrogens (tertiary/aromatic N) is 3. The smallest absolute Gasteiger partial charge is 0.138 e. The van der Waals surface area contributed by atoms with Gasteiger partial charge in [0.25, 0.3) is 0 Å². The van der Waals surface area contributed by atoms with Crippen LogP contribution in [0.25, 0.3) is 21.3 Å². The van der Waals surface area contributed by atoms with Crippen molar-refractivity contribution in [1.82, 2.24) is 14.9 Å². The van der Waals surface area contributed by atoms with E-state index in [1.165, 1.54) is 0 Å². The van der Waals surface area contributed by atoms with Gasteiger partial charge < -0.3 is 10.2 Å². The summed E-state index contributed by atoms with van der Waals surface area (Å²) in [4.78, 5) is 11.9. The van der Waals surface area contributed by atoms with Gasteiger partial charge in [-0.15, -0.1) is 11.3 Å². The van der Waals surface area contributed by atoms with Crippen LogP contribution in [0.2, 0.25) is 5.02 Å². The van der Waals surface area contributed by atoms with Crippen molar-refractivity contribution in [3.63, 3.8) is 0 Å². The van der Waals surface area contributed by atoms with Gasteiger partial charge >= 0.3 is 0 Å². The molecule has 0 radical (unpaired) electrons. The number of nitrogens with one attached hydrogen (secondary N) is 1. The molecule has 1 aromatic carbocycles. The van der Waals surface area contributed by atoms with Crippen LogP contribution in [-0.4, -0.2) is 42.1 Å². The van der Waals surface area contributed by atoms with Gasteiger partial charge in [0.1, 0.15) is 17.0 Å². The van der Waals surface area contributed by atoms with E-state index >= 15 is 0 Å². The van der Waals surface area contributed by atoms with Gasteiger partial charge in [-0.3, -0.25) is 0 Å². The third-order valence-electron chi connectivity index (χ3n) is 3.38. The maximum Gasteiger partial charge on any atom is 0.138 e. The number of anilines is 1. The highest BCUT2D eigenvalue weighted by Crippen LogP contribution is 2.36. The first-order valence-electron chi connectivity index (χ1n) is 7.02. The molecule has 6 heteroatoms. The summed E-state index contributed by atoms with van der Waals surface area (Å²) < 4.78 is 0. The molecule has 0 bridgehead atoms. The summed E-state index contributed by atoms with van der Waals surface area (Å²) >= 11 is 7.61. The van der Waals surface area contributed by atoms with E-state index in [0.717, 1.165) is 45.3 Å². The molecule has 3 rings (SSSR count). The molecule has 3 aromatic rings. The molecule has 0 aliphatic carbocycles. The van der Waals surface area contributed by atoms with Gasteiger partial charge in [0.2, 0.25) is 0 Å². The fourth-order valence-electron chi connectivity index (χ4n) is 2.25. The van der Waals surface area contributed by atoms with Crippen molar-refractivity contribution >= 4 is 39.0 Å². The van der Waals surface area contributed by atoms with Crippen molar-refractivity contribution in [2.45, 2.75) is 0 Å². The van der Waals surface area contributed by atoms with Crippen molar-refractivity contribution in [2.75, 3.05) is 32.5 Å². The standard InChI is InChI=1S/C16H17ClN4S/c1-21(2)8-7-18-15-14-13(9-22-16(14)20-10-19-15)11-3-5-12(17)6-4-11/h3-6,9-10H,7-8H2,1-2H3,(H,18,19,20). The third-order valence-corrected chi connectivity index (χ3v) is 4.52. The average molecular weight is 333 g/mol. The van der Waals surface area contributed by atoms with Gasteiger partial charge in [0.15, 0.2) is 0 Å². The van der Waals surface area contributed by atoms with Crippen LogP contribution >= 0.6 is 22.9 Å². The number of fused-ring (bicyclic) bond motifs is 1. The summed E-state index contributed by atoms with van der Waals surface area (Å²) in [6.45, 7) is 1.79. The molecule has 0 amide bonds. The third kappa shape index (κ3) is 3.21. The second kappa shape index (κ2) is 6.60. The molecule has 0 fully saturated rings. The first-order valence-corrected chi connectivity index (χ1v) is 8.27. The highest BCUT2D eigenvalue weighted by Gasteiger charge is 2.12. The van der Waals surface area contributed by atoms with Crippen LogP contribution in [0, 0.1) is 0 Å². The fourth-order valence-corrected chi connectivity index (χ4v) is 3.29. The number of hydrogen-bond donors (Lipinski definition) is 1. The Morgan fingerprint density at radius 2 is 1.95 bits per heavy atom. The molecule has 22 heavy (non-hydrogen) atoms. The summed E-state index contributed by atoms with van der Waals surface area (Å²) in [5.41, 5.74) is 2.27. The molecule has 0 atom stereocenters. The minimum absolute atomic E-state index is 0.740. The lowest BCUT2D eigenvalue weighted by molar-refractivity contribution is 0.425. The summed E-state index contributed by atoms with van der Waals surface area (Å²) in [6, 6.07) is 7.87. The van der Waals surface area contributed by atoms with Crippen molar-refractivity contribution in [1.29, 1.82) is 0 Å². The molecular weight excluding hydrogens is 316 g/mol. The molecule has 114 valence electrons. The molecule has 4 nitrogen and oxygen atoms in total.